The minimum atomic E-state index is -0.0329. The minimum absolute atomic E-state index is 0.0329. The smallest absolute Gasteiger partial charge is 0.223 e. The Labute approximate surface area is 161 Å². The fraction of sp³-hybridized carbons (Fsp3) is 0.435. The van der Waals surface area contributed by atoms with Gasteiger partial charge in [0.05, 0.1) is 12.6 Å². The maximum Gasteiger partial charge on any atom is 0.223 e. The molecule has 142 valence electrons. The molecule has 1 spiro atoms. The summed E-state index contributed by atoms with van der Waals surface area (Å²) in [5.41, 5.74) is 2.58. The van der Waals surface area contributed by atoms with E-state index in [1.54, 1.807) is 7.11 Å². The number of methoxy groups -OCH3 is 1. The van der Waals surface area contributed by atoms with Crippen LogP contribution in [0, 0.1) is 0 Å². The van der Waals surface area contributed by atoms with Gasteiger partial charge in [-0.1, -0.05) is 42.5 Å². The molecule has 2 heterocycles. The highest BCUT2D eigenvalue weighted by Gasteiger charge is 2.52. The first kappa shape index (κ1) is 18.1. The summed E-state index contributed by atoms with van der Waals surface area (Å²) in [5, 5.41) is 0. The fourth-order valence-corrected chi connectivity index (χ4v) is 4.87. The number of carbonyl (C=O) groups excluding carboxylic acids is 1. The summed E-state index contributed by atoms with van der Waals surface area (Å²) in [6.45, 7) is 2.99. The van der Waals surface area contributed by atoms with Crippen molar-refractivity contribution in [1.82, 2.24) is 9.80 Å². The summed E-state index contributed by atoms with van der Waals surface area (Å²) in [6, 6.07) is 18.9. The van der Waals surface area contributed by atoms with Crippen molar-refractivity contribution in [1.29, 1.82) is 0 Å². The zero-order chi connectivity index (χ0) is 18.9. The molecule has 0 radical (unpaired) electrons. The molecule has 2 saturated heterocycles. The average molecular weight is 364 g/mol. The summed E-state index contributed by atoms with van der Waals surface area (Å²) < 4.78 is 5.25. The zero-order valence-corrected chi connectivity index (χ0v) is 16.2. The van der Waals surface area contributed by atoms with Gasteiger partial charge in [0.2, 0.25) is 5.91 Å². The fourth-order valence-electron chi connectivity index (χ4n) is 4.87. The van der Waals surface area contributed by atoms with E-state index in [-0.39, 0.29) is 11.4 Å². The highest BCUT2D eigenvalue weighted by molar-refractivity contribution is 5.81. The van der Waals surface area contributed by atoms with Gasteiger partial charge in [0.1, 0.15) is 5.75 Å². The van der Waals surface area contributed by atoms with Crippen molar-refractivity contribution >= 4 is 5.91 Å². The normalized spacial score (nSPS) is 22.4. The van der Waals surface area contributed by atoms with Crippen LogP contribution in [0.25, 0.3) is 0 Å². The summed E-state index contributed by atoms with van der Waals surface area (Å²) in [4.78, 5) is 17.1. The molecule has 2 fully saturated rings. The predicted molar refractivity (Wildman–Crippen MR) is 107 cm³/mol. The van der Waals surface area contributed by atoms with Crippen molar-refractivity contribution in [2.24, 2.45) is 0 Å². The topological polar surface area (TPSA) is 32.8 Å². The van der Waals surface area contributed by atoms with E-state index < -0.39 is 0 Å². The van der Waals surface area contributed by atoms with Gasteiger partial charge in [-0.3, -0.25) is 9.69 Å². The molecule has 2 aliphatic rings. The van der Waals surface area contributed by atoms with E-state index in [0.29, 0.717) is 12.3 Å². The van der Waals surface area contributed by atoms with E-state index in [0.717, 1.165) is 38.2 Å². The number of benzene rings is 2. The molecule has 0 saturated carbocycles. The van der Waals surface area contributed by atoms with Gasteiger partial charge >= 0.3 is 0 Å². The second-order valence-electron chi connectivity index (χ2n) is 7.85. The Kier molecular flexibility index (Phi) is 4.92. The Balaban J connectivity index is 1.47. The van der Waals surface area contributed by atoms with Crippen LogP contribution in [0.5, 0.6) is 5.75 Å². The molecule has 0 bridgehead atoms. The molecule has 4 nitrogen and oxygen atoms in total. The number of nitrogens with zero attached hydrogens (tertiary/aromatic N) is 2. The van der Waals surface area contributed by atoms with Gasteiger partial charge in [-0.2, -0.15) is 0 Å². The molecule has 0 aromatic heterocycles. The lowest BCUT2D eigenvalue weighted by Gasteiger charge is -2.47. The number of likely N-dealkylation sites (N-methyl/N-ethyl adjacent to an activating group) is 1. The van der Waals surface area contributed by atoms with E-state index in [2.05, 4.69) is 46.2 Å². The van der Waals surface area contributed by atoms with E-state index in [1.165, 1.54) is 11.1 Å². The predicted octanol–water partition coefficient (Wildman–Crippen LogP) is 3.68. The number of piperidine rings is 1. The summed E-state index contributed by atoms with van der Waals surface area (Å²) >= 11 is 0. The van der Waals surface area contributed by atoms with E-state index >= 15 is 0 Å². The summed E-state index contributed by atoms with van der Waals surface area (Å²) in [7, 11) is 3.70. The molecule has 1 atom stereocenters. The van der Waals surface area contributed by atoms with Gasteiger partial charge in [-0.25, -0.2) is 0 Å². The summed E-state index contributed by atoms with van der Waals surface area (Å²) in [6.07, 6.45) is 2.70. The highest BCUT2D eigenvalue weighted by Crippen LogP contribution is 2.48. The Morgan fingerprint density at radius 3 is 2.33 bits per heavy atom. The van der Waals surface area contributed by atoms with E-state index in [4.69, 9.17) is 4.74 Å². The van der Waals surface area contributed by atoms with Crippen molar-refractivity contribution < 1.29 is 9.53 Å². The molecule has 27 heavy (non-hydrogen) atoms. The first-order valence-electron chi connectivity index (χ1n) is 9.79. The standard InChI is InChI=1S/C23H28N2O2/c1-24-22(26)16-21(19-6-4-3-5-7-19)23(24)12-14-25(15-13-23)17-18-8-10-20(27-2)11-9-18/h3-11,21H,12-17H2,1-2H3/t21-/m0/s1. The van der Waals surface area contributed by atoms with Gasteiger partial charge in [0.15, 0.2) is 0 Å². The molecule has 2 aromatic rings. The number of carbonyl (C=O) groups is 1. The SMILES string of the molecule is COc1ccc(CN2CCC3(CC2)[C@H](c2ccccc2)CC(=O)N3C)cc1. The maximum atomic E-state index is 12.6. The molecule has 0 unspecified atom stereocenters. The van der Waals surface area contributed by atoms with Crippen LogP contribution in [0.1, 0.15) is 36.3 Å². The molecule has 0 N–H and O–H groups in total. The van der Waals surface area contributed by atoms with Gasteiger partial charge in [0.25, 0.3) is 0 Å². The molecule has 2 aromatic carbocycles. The van der Waals surface area contributed by atoms with Gasteiger partial charge in [0, 0.05) is 39.0 Å². The minimum Gasteiger partial charge on any atom is -0.497 e. The molecular formula is C23H28N2O2. The molecular weight excluding hydrogens is 336 g/mol. The molecule has 1 amide bonds. The van der Waals surface area contributed by atoms with Crippen molar-refractivity contribution in [3.05, 3.63) is 65.7 Å². The monoisotopic (exact) mass is 364 g/mol. The largest absolute Gasteiger partial charge is 0.497 e. The number of likely N-dealkylation sites (tertiary alicyclic amines) is 2. The zero-order valence-electron chi connectivity index (χ0n) is 16.2. The highest BCUT2D eigenvalue weighted by atomic mass is 16.5. The summed E-state index contributed by atoms with van der Waals surface area (Å²) in [5.74, 6) is 1.49. The van der Waals surface area contributed by atoms with Crippen LogP contribution in [0.4, 0.5) is 0 Å². The molecule has 4 heteroatoms. The second kappa shape index (κ2) is 7.35. The Bertz CT molecular complexity index is 780. The van der Waals surface area contributed by atoms with Crippen molar-refractivity contribution in [2.45, 2.75) is 37.3 Å². The maximum absolute atomic E-state index is 12.6. The molecule has 4 rings (SSSR count). The first-order valence-corrected chi connectivity index (χ1v) is 9.79. The lowest BCUT2D eigenvalue weighted by molar-refractivity contribution is -0.130. The second-order valence-corrected chi connectivity index (χ2v) is 7.85. The lowest BCUT2D eigenvalue weighted by atomic mass is 9.73. The number of amides is 1. The Morgan fingerprint density at radius 1 is 1.04 bits per heavy atom. The number of ether oxygens (including phenoxy) is 1. The van der Waals surface area contributed by atoms with E-state index in [1.807, 2.05) is 25.2 Å². The van der Waals surface area contributed by atoms with Crippen LogP contribution in [0.2, 0.25) is 0 Å². The van der Waals surface area contributed by atoms with Crippen LogP contribution in [-0.4, -0.2) is 48.5 Å². The van der Waals surface area contributed by atoms with E-state index in [9.17, 15) is 4.79 Å². The van der Waals surface area contributed by atoms with Gasteiger partial charge < -0.3 is 9.64 Å². The quantitative estimate of drug-likeness (QED) is 0.830. The molecule has 2 aliphatic heterocycles. The number of rotatable bonds is 4. The Morgan fingerprint density at radius 2 is 1.70 bits per heavy atom. The van der Waals surface area contributed by atoms with Crippen LogP contribution in [0.15, 0.2) is 54.6 Å². The van der Waals surface area contributed by atoms with Crippen LogP contribution >= 0.6 is 0 Å². The third-order valence-corrected chi connectivity index (χ3v) is 6.56. The molecule has 0 aliphatic carbocycles. The first-order chi connectivity index (χ1) is 13.1. The van der Waals surface area contributed by atoms with Gasteiger partial charge in [-0.15, -0.1) is 0 Å². The third-order valence-electron chi connectivity index (χ3n) is 6.56. The lowest BCUT2D eigenvalue weighted by Crippen LogP contribution is -2.53. The van der Waals surface area contributed by atoms with Gasteiger partial charge in [-0.05, 0) is 36.1 Å². The van der Waals surface area contributed by atoms with Crippen molar-refractivity contribution in [2.75, 3.05) is 27.2 Å². The Hall–Kier alpha value is -2.33. The number of hydrogen-bond donors (Lipinski definition) is 0. The third kappa shape index (κ3) is 3.34. The average Bonchev–Trinajstić information content (AvgIpc) is 2.96. The van der Waals surface area contributed by atoms with Crippen LogP contribution in [-0.2, 0) is 11.3 Å². The van der Waals surface area contributed by atoms with Crippen molar-refractivity contribution in [3.63, 3.8) is 0 Å². The van der Waals surface area contributed by atoms with Crippen molar-refractivity contribution in [3.8, 4) is 5.75 Å². The van der Waals surface area contributed by atoms with Crippen LogP contribution < -0.4 is 4.74 Å². The number of hydrogen-bond acceptors (Lipinski definition) is 3. The van der Waals surface area contributed by atoms with Crippen LogP contribution in [0.3, 0.4) is 0 Å².